The number of carbonyl (C=O) groups excluding carboxylic acids is 5. The number of hydrogen-bond acceptors (Lipinski definition) is 25. The number of oxime groups is 2. The number of halogens is 3. The summed E-state index contributed by atoms with van der Waals surface area (Å²) in [7, 11) is 4.45. The molecule has 614 valence electrons. The molecule has 1 saturated heterocycles. The summed E-state index contributed by atoms with van der Waals surface area (Å²) in [5.41, 5.74) is 3.76. The van der Waals surface area contributed by atoms with E-state index >= 15 is 0 Å². The largest absolute Gasteiger partial charge is 2.00 e. The van der Waals surface area contributed by atoms with E-state index in [0.29, 0.717) is 73.2 Å². The van der Waals surface area contributed by atoms with E-state index in [4.69, 9.17) is 43.0 Å². The van der Waals surface area contributed by atoms with Crippen molar-refractivity contribution < 1.29 is 119 Å². The fourth-order valence-electron chi connectivity index (χ4n) is 9.77. The van der Waals surface area contributed by atoms with Crippen molar-refractivity contribution in [3.63, 3.8) is 0 Å². The number of nitrogens with zero attached hydrogens (tertiary/aromatic N) is 6. The van der Waals surface area contributed by atoms with Gasteiger partial charge in [-0.3, -0.25) is 29.8 Å². The number of nitro groups is 2. The number of unbranched alkanes of at least 4 members (excludes halogenated alkanes) is 3. The van der Waals surface area contributed by atoms with Crippen molar-refractivity contribution in [3.8, 4) is 29.8 Å². The van der Waals surface area contributed by atoms with E-state index < -0.39 is 59.2 Å². The van der Waals surface area contributed by atoms with Crippen LogP contribution < -0.4 is 30.4 Å². The number of benzene rings is 6. The van der Waals surface area contributed by atoms with Crippen LogP contribution in [0.5, 0.6) is 17.2 Å². The van der Waals surface area contributed by atoms with Gasteiger partial charge in [-0.1, -0.05) is 156 Å². The monoisotopic (exact) mass is 1760 g/mol. The third-order valence-electron chi connectivity index (χ3n) is 14.9. The molecule has 3 amide bonds. The Morgan fingerprint density at radius 3 is 2.02 bits per heavy atom. The number of methoxy groups -OCH3 is 3. The molecular formula is C76H91AlF3N9O20PS4Zn+. The average molecular weight is 1760 g/mol. The summed E-state index contributed by atoms with van der Waals surface area (Å²) >= 11 is 18.6. The molecule has 39 heteroatoms. The summed E-state index contributed by atoms with van der Waals surface area (Å²) in [5, 5.41) is 41.2. The quantitative estimate of drug-likeness (QED) is 0.00260. The molecule has 0 bridgehead atoms. The number of hydrazine groups is 1. The van der Waals surface area contributed by atoms with Crippen LogP contribution in [0.2, 0.25) is 0 Å². The number of alkyl halides is 3. The molecule has 4 N–H and O–H groups in total. The van der Waals surface area contributed by atoms with E-state index in [1.807, 2.05) is 82.3 Å². The number of rotatable bonds is 30. The van der Waals surface area contributed by atoms with Crippen molar-refractivity contribution >= 4 is 148 Å². The maximum Gasteiger partial charge on any atom is 2.00 e. The van der Waals surface area contributed by atoms with Gasteiger partial charge in [-0.15, -0.1) is 4.89 Å². The summed E-state index contributed by atoms with van der Waals surface area (Å²) in [4.78, 5) is 98.7. The summed E-state index contributed by atoms with van der Waals surface area (Å²) < 4.78 is 82.9. The van der Waals surface area contributed by atoms with Crippen LogP contribution in [-0.2, 0) is 114 Å². The van der Waals surface area contributed by atoms with Gasteiger partial charge in [0.1, 0.15) is 44.0 Å². The Kier molecular flexibility index (Phi) is 51.9. The van der Waals surface area contributed by atoms with Crippen molar-refractivity contribution in [2.45, 2.75) is 105 Å². The molecule has 1 aliphatic heterocycles. The molecule has 1 fully saturated rings. The van der Waals surface area contributed by atoms with Crippen LogP contribution in [0.15, 0.2) is 162 Å². The number of terminal acetylenes is 1. The minimum absolute atomic E-state index is 0. The summed E-state index contributed by atoms with van der Waals surface area (Å²) in [6.45, 7) is 14.0. The van der Waals surface area contributed by atoms with Gasteiger partial charge in [-0.05, 0) is 106 Å². The van der Waals surface area contributed by atoms with E-state index in [-0.39, 0.29) is 103 Å². The van der Waals surface area contributed by atoms with E-state index in [2.05, 4.69) is 93.8 Å². The molecule has 29 nitrogen and oxygen atoms in total. The SMILES string of the molecule is C#CO[P+](=O)O.CC(CNC(=S)[S-])NC(=S)[S-].CC=CC(=O)Oc1c(C(C)CCCCCC)cc([N+](=O)[O-])cc1[N+](=O)[O-].CNC(=O)/C(=N/OC)c1ccccc1Oc1ccccc1.CO/C=C(/C(=O)OC)c1ccccc1CON=C(C)c1cccc(C(F)(F)F)c1.COCC(=O)N(c1c(C)cccc1C)N1CCOC1=O.[AlH3].[Zn+2]. The molecule has 1 heterocycles. The number of amides is 3. The number of aryl methyl sites for hydroxylation is 2. The number of ether oxygens (including phenoxy) is 6. The number of likely N-dealkylation sites (N-methyl/N-ethyl adjacent to an activating group) is 1. The Labute approximate surface area is 711 Å². The number of cyclic esters (lactones) is 1. The molecule has 0 saturated carbocycles. The van der Waals surface area contributed by atoms with Crippen LogP contribution in [0.3, 0.4) is 0 Å². The number of hydrogen-bond donors (Lipinski definition) is 4. The first-order valence-electron chi connectivity index (χ1n) is 33.9. The number of para-hydroxylation sites is 3. The van der Waals surface area contributed by atoms with Gasteiger partial charge in [-0.2, -0.15) is 17.7 Å². The first-order chi connectivity index (χ1) is 53.7. The third-order valence-corrected chi connectivity index (χ3v) is 15.7. The van der Waals surface area contributed by atoms with Gasteiger partial charge in [0.2, 0.25) is 5.75 Å². The number of esters is 2. The standard InChI is InChI=1S/C21H20F3NO4.C18H24N2O6.C16H16N2O3.C14H18N2O4.C5H10N2S4.C2HO3P.Al.Zn.3H/c1-14(15-8-6-9-17(11-15)21(22,23)24)25-29-12-16-7-4-5-10-18(16)19(13-27-2)20(26)28-3;1-4-6-7-8-10-13(3)15-11-14(19(22)23)12-16(20(24)25)18(15)26-17(21)9-5-2;1-17-16(19)15(18-20-2)13-10-6-7-11-14(13)21-12-8-4-3-5-9-12;1-10-5-4-6-11(2)13(10)16(12(17)9-19-3)15-7-8-20-14(15)18;1-3(7-5(10)11)2-6-4(8)9;1-2-5-6(3)4;;;;;/h4-11,13H,12H2,1-3H3;5,9,11-13H,4,6-8,10H2,1-3H3;3-11H,1-2H3,(H,17,19);4-6H,7-9H2,1-3H3;3H,2H2,1H3,(H2,6,8,9)(H2,7,10,11);1H;;;;;/q;;;;;;;+2;;;/p-1/b19-13+,25-14?;;18-15+;;;;;;;;. The second-order valence-electron chi connectivity index (χ2n) is 23.2. The topological polar surface area (TPSA) is 359 Å². The summed E-state index contributed by atoms with van der Waals surface area (Å²) in [6.07, 6.45) is 9.57. The molecule has 115 heavy (non-hydrogen) atoms. The van der Waals surface area contributed by atoms with Gasteiger partial charge >= 0.3 is 57.6 Å². The maximum absolute atomic E-state index is 12.9. The second-order valence-corrected chi connectivity index (χ2v) is 26.0. The number of non-ortho nitro benzene ring substituents is 1. The smallest absolute Gasteiger partial charge is 0.503 e. The Morgan fingerprint density at radius 2 is 1.50 bits per heavy atom. The van der Waals surface area contributed by atoms with Crippen LogP contribution in [0.25, 0.3) is 5.57 Å². The minimum atomic E-state index is -4.44. The minimum Gasteiger partial charge on any atom is -0.503 e. The van der Waals surface area contributed by atoms with Crippen LogP contribution in [0.1, 0.15) is 117 Å². The fourth-order valence-corrected chi connectivity index (χ4v) is 10.4. The zero-order chi connectivity index (χ0) is 84.8. The van der Waals surface area contributed by atoms with Gasteiger partial charge in [0.15, 0.2) is 29.2 Å². The van der Waals surface area contributed by atoms with Gasteiger partial charge < -0.3 is 104 Å². The number of thiocarbonyl (C=S) groups is 2. The Bertz CT molecular complexity index is 4360. The third kappa shape index (κ3) is 38.2. The number of nitro benzene ring substituents is 2. The number of nitrogens with one attached hydrogen (secondary N) is 3. The van der Waals surface area contributed by atoms with Crippen LogP contribution in [0.4, 0.5) is 35.0 Å². The molecule has 3 unspecified atom stereocenters. The van der Waals surface area contributed by atoms with Crippen molar-refractivity contribution in [1.82, 2.24) is 21.0 Å². The first-order valence-corrected chi connectivity index (χ1v) is 36.7. The van der Waals surface area contributed by atoms with Crippen LogP contribution in [0, 0.1) is 46.6 Å². The fraction of sp³-hybridized carbons (Fsp3) is 0.329. The number of carbonyl (C=O) groups is 5. The van der Waals surface area contributed by atoms with E-state index in [1.165, 1.54) is 82.1 Å². The normalized spacial score (nSPS) is 12.0. The van der Waals surface area contributed by atoms with E-state index in [1.54, 1.807) is 56.3 Å². The van der Waals surface area contributed by atoms with Gasteiger partial charge in [-0.25, -0.2) is 24.4 Å². The van der Waals surface area contributed by atoms with Crippen molar-refractivity contribution in [3.05, 3.63) is 217 Å². The summed E-state index contributed by atoms with van der Waals surface area (Å²) in [5.74, 6) is -1.22. The second kappa shape index (κ2) is 57.0. The Balaban J connectivity index is 0.00000141. The van der Waals surface area contributed by atoms with Crippen molar-refractivity contribution in [1.29, 1.82) is 0 Å². The molecule has 0 aliphatic carbocycles. The number of allylic oxidation sites excluding steroid dienone is 1. The molecule has 3 atom stereocenters. The van der Waals surface area contributed by atoms with Gasteiger partial charge in [0.05, 0.1) is 65.5 Å². The van der Waals surface area contributed by atoms with Gasteiger partial charge in [0.25, 0.3) is 17.5 Å². The molecule has 6 aromatic rings. The average Bonchev–Trinajstić information content (AvgIpc) is 1.28. The molecule has 0 radical (unpaired) electrons. The first kappa shape index (κ1) is 105. The molecule has 6 aromatic carbocycles. The zero-order valence-corrected chi connectivity index (χ0v) is 71.7. The molecule has 1 aliphatic rings. The van der Waals surface area contributed by atoms with Crippen LogP contribution >= 0.6 is 32.7 Å². The van der Waals surface area contributed by atoms with Crippen LogP contribution in [-0.4, -0.2) is 155 Å². The predicted octanol–water partition coefficient (Wildman–Crippen LogP) is 13.4. The van der Waals surface area contributed by atoms with E-state index in [9.17, 15) is 61.9 Å². The summed E-state index contributed by atoms with van der Waals surface area (Å²) in [6, 6.07) is 36.2. The predicted molar refractivity (Wildman–Crippen MR) is 443 cm³/mol. The Hall–Kier alpha value is -10.2. The molecule has 0 aromatic heterocycles. The van der Waals surface area contributed by atoms with E-state index in [0.717, 1.165) is 61.1 Å². The Morgan fingerprint density at radius 1 is 0.870 bits per heavy atom. The van der Waals surface area contributed by atoms with Crippen molar-refractivity contribution in [2.24, 2.45) is 10.3 Å². The maximum atomic E-state index is 12.9. The number of anilines is 1. The molecule has 0 spiro atoms. The molecule has 7 rings (SSSR count). The van der Waals surface area contributed by atoms with Gasteiger partial charge in [0, 0.05) is 54.6 Å². The zero-order valence-electron chi connectivity index (χ0n) is 64.5. The van der Waals surface area contributed by atoms with Crippen molar-refractivity contribution in [2.75, 3.05) is 66.8 Å². The molecular weight excluding hydrogens is 1670 g/mol.